The van der Waals surface area contributed by atoms with Crippen LogP contribution >= 0.6 is 0 Å². The van der Waals surface area contributed by atoms with Gasteiger partial charge in [0.15, 0.2) is 11.5 Å². The maximum Gasteiger partial charge on any atom is 0.294 e. The van der Waals surface area contributed by atoms with Crippen LogP contribution in [0.1, 0.15) is 33.3 Å². The van der Waals surface area contributed by atoms with Gasteiger partial charge >= 0.3 is 0 Å². The average Bonchev–Trinajstić information content (AvgIpc) is 3.35. The van der Waals surface area contributed by atoms with Gasteiger partial charge < -0.3 is 9.52 Å². The molecule has 0 saturated heterocycles. The molecule has 0 radical (unpaired) electrons. The lowest BCUT2D eigenvalue weighted by Crippen LogP contribution is -2.31. The monoisotopic (exact) mass is 423 g/mol. The Kier molecular flexibility index (Phi) is 4.67. The minimum atomic E-state index is -0.773. The Hall–Kier alpha value is -4.12. The molecule has 1 aliphatic rings. The number of aliphatic hydroxyl groups is 1. The summed E-state index contributed by atoms with van der Waals surface area (Å²) in [4.78, 5) is 28.4. The number of carbonyl (C=O) groups excluding carboxylic acids is 2. The van der Waals surface area contributed by atoms with E-state index in [4.69, 9.17) is 4.42 Å². The molecule has 1 unspecified atom stereocenters. The zero-order valence-electron chi connectivity index (χ0n) is 17.7. The normalized spacial score (nSPS) is 16.2. The standard InChI is InChI=1S/C27H21NO4/c1-16-12-13-17(2)20(14-16)28-24(18-8-4-3-5-9-18)23(26(30)27(28)31)25(29)22-15-19-10-6-7-11-21(19)32-22/h3-15,24,30H,1-2H3. The molecule has 1 atom stereocenters. The second-order valence-corrected chi connectivity index (χ2v) is 8.02. The van der Waals surface area contributed by atoms with E-state index in [9.17, 15) is 14.7 Å². The van der Waals surface area contributed by atoms with Gasteiger partial charge in [-0.2, -0.15) is 0 Å². The number of fused-ring (bicyclic) bond motifs is 1. The number of ketones is 1. The Morgan fingerprint density at radius 1 is 0.938 bits per heavy atom. The summed E-state index contributed by atoms with van der Waals surface area (Å²) in [6, 6.07) is 23.2. The molecule has 4 aromatic rings. The third kappa shape index (κ3) is 3.10. The first kappa shape index (κ1) is 19.8. The highest BCUT2D eigenvalue weighted by molar-refractivity contribution is 6.20. The fourth-order valence-corrected chi connectivity index (χ4v) is 4.24. The van der Waals surface area contributed by atoms with E-state index in [1.165, 1.54) is 4.90 Å². The van der Waals surface area contributed by atoms with E-state index < -0.39 is 23.5 Å². The second kappa shape index (κ2) is 7.54. The third-order valence-electron chi connectivity index (χ3n) is 5.84. The lowest BCUT2D eigenvalue weighted by Gasteiger charge is -2.28. The number of aryl methyl sites for hydroxylation is 2. The molecule has 1 aromatic heterocycles. The molecule has 2 heterocycles. The van der Waals surface area contributed by atoms with Crippen LogP contribution < -0.4 is 4.90 Å². The number of amides is 1. The summed E-state index contributed by atoms with van der Waals surface area (Å²) >= 11 is 0. The molecule has 0 bridgehead atoms. The molecule has 0 saturated carbocycles. The van der Waals surface area contributed by atoms with Gasteiger partial charge in [-0.3, -0.25) is 14.5 Å². The van der Waals surface area contributed by atoms with Crippen molar-refractivity contribution in [2.45, 2.75) is 19.9 Å². The highest BCUT2D eigenvalue weighted by Gasteiger charge is 2.45. The number of carbonyl (C=O) groups is 2. The number of nitrogens with zero attached hydrogens (tertiary/aromatic N) is 1. The van der Waals surface area contributed by atoms with Crippen LogP contribution in [0.2, 0.25) is 0 Å². The van der Waals surface area contributed by atoms with Gasteiger partial charge in [0.2, 0.25) is 5.78 Å². The van der Waals surface area contributed by atoms with E-state index in [2.05, 4.69) is 0 Å². The van der Waals surface area contributed by atoms with Crippen LogP contribution in [0.25, 0.3) is 11.0 Å². The number of hydrogen-bond acceptors (Lipinski definition) is 4. The van der Waals surface area contributed by atoms with Crippen LogP contribution in [-0.2, 0) is 4.79 Å². The van der Waals surface area contributed by atoms with Crippen LogP contribution in [0.4, 0.5) is 5.69 Å². The van der Waals surface area contributed by atoms with Crippen molar-refractivity contribution in [2.75, 3.05) is 4.90 Å². The van der Waals surface area contributed by atoms with Crippen molar-refractivity contribution >= 4 is 28.3 Å². The van der Waals surface area contributed by atoms with Gasteiger partial charge in [-0.05, 0) is 48.7 Å². The lowest BCUT2D eigenvalue weighted by molar-refractivity contribution is -0.117. The summed E-state index contributed by atoms with van der Waals surface area (Å²) < 4.78 is 5.77. The number of benzene rings is 3. The molecular formula is C27H21NO4. The summed E-state index contributed by atoms with van der Waals surface area (Å²) in [5, 5.41) is 11.7. The van der Waals surface area contributed by atoms with Crippen LogP contribution in [-0.4, -0.2) is 16.8 Å². The predicted molar refractivity (Wildman–Crippen MR) is 123 cm³/mol. The molecule has 0 spiro atoms. The SMILES string of the molecule is Cc1ccc(C)c(N2C(=O)C(O)=C(C(=O)c3cc4ccccc4o3)C2c2ccccc2)c1. The van der Waals surface area contributed by atoms with E-state index in [0.29, 0.717) is 11.3 Å². The van der Waals surface area contributed by atoms with Crippen LogP contribution in [0.5, 0.6) is 0 Å². The van der Waals surface area contributed by atoms with Gasteiger partial charge in [-0.1, -0.05) is 60.7 Å². The lowest BCUT2D eigenvalue weighted by atomic mass is 9.94. The van der Waals surface area contributed by atoms with Gasteiger partial charge in [0, 0.05) is 11.1 Å². The number of aliphatic hydroxyl groups excluding tert-OH is 1. The minimum absolute atomic E-state index is 0.0150. The Morgan fingerprint density at radius 2 is 1.66 bits per heavy atom. The number of anilines is 1. The molecule has 0 aliphatic carbocycles. The highest BCUT2D eigenvalue weighted by Crippen LogP contribution is 2.43. The maximum absolute atomic E-state index is 13.6. The Bertz CT molecular complexity index is 1360. The van der Waals surface area contributed by atoms with E-state index in [1.807, 2.05) is 80.6 Å². The van der Waals surface area contributed by atoms with Crippen LogP contribution in [0.15, 0.2) is 94.6 Å². The smallest absolute Gasteiger partial charge is 0.294 e. The van der Waals surface area contributed by atoms with Gasteiger partial charge in [0.1, 0.15) is 5.58 Å². The minimum Gasteiger partial charge on any atom is -0.503 e. The summed E-state index contributed by atoms with van der Waals surface area (Å²) in [6.07, 6.45) is 0. The molecule has 0 fully saturated rings. The summed E-state index contributed by atoms with van der Waals surface area (Å²) in [5.74, 6) is -1.57. The molecule has 5 rings (SSSR count). The van der Waals surface area contributed by atoms with Gasteiger partial charge in [-0.25, -0.2) is 0 Å². The molecule has 1 aliphatic heterocycles. The van der Waals surface area contributed by atoms with Crippen molar-refractivity contribution in [1.82, 2.24) is 0 Å². The molecule has 3 aromatic carbocycles. The second-order valence-electron chi connectivity index (χ2n) is 8.02. The fraction of sp³-hybridized carbons (Fsp3) is 0.111. The predicted octanol–water partition coefficient (Wildman–Crippen LogP) is 5.83. The molecular weight excluding hydrogens is 402 g/mol. The van der Waals surface area contributed by atoms with Crippen molar-refractivity contribution < 1.29 is 19.1 Å². The number of furan rings is 1. The first-order valence-electron chi connectivity index (χ1n) is 10.4. The zero-order chi connectivity index (χ0) is 22.4. The molecule has 158 valence electrons. The van der Waals surface area contributed by atoms with E-state index in [-0.39, 0.29) is 11.3 Å². The summed E-state index contributed by atoms with van der Waals surface area (Å²) in [5.41, 5.74) is 3.81. The number of para-hydroxylation sites is 1. The van der Waals surface area contributed by atoms with Gasteiger partial charge in [0.25, 0.3) is 5.91 Å². The Morgan fingerprint density at radius 3 is 2.41 bits per heavy atom. The largest absolute Gasteiger partial charge is 0.503 e. The van der Waals surface area contributed by atoms with E-state index >= 15 is 0 Å². The Balaban J connectivity index is 1.69. The molecule has 1 N–H and O–H groups in total. The van der Waals surface area contributed by atoms with E-state index in [0.717, 1.165) is 22.1 Å². The topological polar surface area (TPSA) is 70.8 Å². The molecule has 32 heavy (non-hydrogen) atoms. The van der Waals surface area contributed by atoms with E-state index in [1.54, 1.807) is 12.1 Å². The number of Topliss-reactive ketones (excluding diaryl/α,β-unsaturated/α-hetero) is 1. The number of rotatable bonds is 4. The van der Waals surface area contributed by atoms with Crippen molar-refractivity contribution in [2.24, 2.45) is 0 Å². The average molecular weight is 423 g/mol. The molecule has 5 heteroatoms. The summed E-state index contributed by atoms with van der Waals surface area (Å²) in [6.45, 7) is 3.84. The molecule has 5 nitrogen and oxygen atoms in total. The van der Waals surface area contributed by atoms with Crippen molar-refractivity contribution in [3.05, 3.63) is 113 Å². The first-order chi connectivity index (χ1) is 15.5. The van der Waals surface area contributed by atoms with Crippen molar-refractivity contribution in [3.8, 4) is 0 Å². The zero-order valence-corrected chi connectivity index (χ0v) is 17.7. The van der Waals surface area contributed by atoms with Crippen LogP contribution in [0, 0.1) is 13.8 Å². The third-order valence-corrected chi connectivity index (χ3v) is 5.84. The fourth-order valence-electron chi connectivity index (χ4n) is 4.24. The van der Waals surface area contributed by atoms with Gasteiger partial charge in [0.05, 0.1) is 11.6 Å². The van der Waals surface area contributed by atoms with Crippen LogP contribution in [0.3, 0.4) is 0 Å². The maximum atomic E-state index is 13.6. The number of hydrogen-bond donors (Lipinski definition) is 1. The summed E-state index contributed by atoms with van der Waals surface area (Å²) in [7, 11) is 0. The molecule has 1 amide bonds. The van der Waals surface area contributed by atoms with Gasteiger partial charge in [-0.15, -0.1) is 0 Å². The Labute approximate surface area is 185 Å². The van der Waals surface area contributed by atoms with Crippen molar-refractivity contribution in [1.29, 1.82) is 0 Å². The van der Waals surface area contributed by atoms with Crippen molar-refractivity contribution in [3.63, 3.8) is 0 Å². The first-order valence-corrected chi connectivity index (χ1v) is 10.4. The highest BCUT2D eigenvalue weighted by atomic mass is 16.3. The quantitative estimate of drug-likeness (QED) is 0.419.